The fourth-order valence-electron chi connectivity index (χ4n) is 1.90. The number of H-pyrrole nitrogens is 1. The second-order valence-corrected chi connectivity index (χ2v) is 5.52. The van der Waals surface area contributed by atoms with Crippen LogP contribution in [0.3, 0.4) is 0 Å². The smallest absolute Gasteiger partial charge is 0.416 e. The van der Waals surface area contributed by atoms with Gasteiger partial charge in [0, 0.05) is 12.7 Å². The van der Waals surface area contributed by atoms with Gasteiger partial charge < -0.3 is 20.1 Å². The van der Waals surface area contributed by atoms with E-state index in [0.717, 1.165) is 24.3 Å². The first-order valence-electron chi connectivity index (χ1n) is 7.21. The first-order chi connectivity index (χ1) is 11.8. The molecule has 0 radical (unpaired) electrons. The second kappa shape index (κ2) is 8.13. The number of aliphatic hydroxyl groups excluding tert-OH is 1. The SMILES string of the molecule is O=C(NCC(O)COc1ccc(C(F)(F)F)cc1)c1ccc[nH]c1=S. The number of carbonyl (C=O) groups is 1. The summed E-state index contributed by atoms with van der Waals surface area (Å²) in [6.07, 6.45) is -3.86. The molecule has 9 heteroatoms. The molecule has 1 heterocycles. The van der Waals surface area contributed by atoms with Crippen LogP contribution in [0.1, 0.15) is 15.9 Å². The number of alkyl halides is 3. The highest BCUT2D eigenvalue weighted by atomic mass is 32.1. The zero-order valence-corrected chi connectivity index (χ0v) is 13.7. The molecule has 25 heavy (non-hydrogen) atoms. The number of amides is 1. The van der Waals surface area contributed by atoms with Crippen molar-refractivity contribution in [1.29, 1.82) is 0 Å². The van der Waals surface area contributed by atoms with Crippen molar-refractivity contribution < 1.29 is 27.8 Å². The van der Waals surface area contributed by atoms with E-state index in [0.29, 0.717) is 0 Å². The lowest BCUT2D eigenvalue weighted by atomic mass is 10.2. The summed E-state index contributed by atoms with van der Waals surface area (Å²) in [5.41, 5.74) is -0.514. The van der Waals surface area contributed by atoms with Gasteiger partial charge in [0.15, 0.2) is 0 Å². The maximum Gasteiger partial charge on any atom is 0.416 e. The Morgan fingerprint density at radius 2 is 1.96 bits per heavy atom. The van der Waals surface area contributed by atoms with Gasteiger partial charge in [-0.1, -0.05) is 12.2 Å². The van der Waals surface area contributed by atoms with Crippen molar-refractivity contribution in [2.75, 3.05) is 13.2 Å². The van der Waals surface area contributed by atoms with Crippen LogP contribution in [0.2, 0.25) is 0 Å². The minimum Gasteiger partial charge on any atom is -0.491 e. The standard InChI is InChI=1S/C16H15F3N2O3S/c17-16(18,19)10-3-5-12(6-4-10)24-9-11(22)8-21-14(23)13-2-1-7-20-15(13)25/h1-7,11,22H,8-9H2,(H,20,25)(H,21,23). The first kappa shape index (κ1) is 18.9. The number of halogens is 3. The van der Waals surface area contributed by atoms with Crippen LogP contribution in [0.15, 0.2) is 42.6 Å². The van der Waals surface area contributed by atoms with Gasteiger partial charge in [-0.15, -0.1) is 0 Å². The summed E-state index contributed by atoms with van der Waals surface area (Å²) in [5, 5.41) is 12.3. The molecule has 0 aliphatic carbocycles. The van der Waals surface area contributed by atoms with Crippen molar-refractivity contribution in [3.63, 3.8) is 0 Å². The highest BCUT2D eigenvalue weighted by Gasteiger charge is 2.30. The molecule has 2 rings (SSSR count). The number of aliphatic hydroxyl groups is 1. The van der Waals surface area contributed by atoms with Gasteiger partial charge in [0.2, 0.25) is 0 Å². The molecular formula is C16H15F3N2O3S. The predicted octanol–water partition coefficient (Wildman–Crippen LogP) is 2.93. The Hall–Kier alpha value is -2.39. The topological polar surface area (TPSA) is 74.3 Å². The van der Waals surface area contributed by atoms with E-state index in [1.54, 1.807) is 18.3 Å². The molecule has 0 saturated heterocycles. The molecule has 5 nitrogen and oxygen atoms in total. The van der Waals surface area contributed by atoms with Crippen molar-refractivity contribution in [1.82, 2.24) is 10.3 Å². The number of ether oxygens (including phenoxy) is 1. The third-order valence-corrected chi connectivity index (χ3v) is 3.52. The Bertz CT molecular complexity index is 775. The van der Waals surface area contributed by atoms with Gasteiger partial charge in [0.05, 0.1) is 11.1 Å². The third kappa shape index (κ3) is 5.57. The highest BCUT2D eigenvalue weighted by molar-refractivity contribution is 7.71. The monoisotopic (exact) mass is 372 g/mol. The lowest BCUT2D eigenvalue weighted by Gasteiger charge is -2.14. The fraction of sp³-hybridized carbons (Fsp3) is 0.250. The van der Waals surface area contributed by atoms with Crippen LogP contribution >= 0.6 is 12.2 Å². The molecule has 0 bridgehead atoms. The van der Waals surface area contributed by atoms with Gasteiger partial charge in [-0.3, -0.25) is 4.79 Å². The lowest BCUT2D eigenvalue weighted by molar-refractivity contribution is -0.137. The lowest BCUT2D eigenvalue weighted by Crippen LogP contribution is -2.35. The average molecular weight is 372 g/mol. The normalized spacial score (nSPS) is 12.5. The van der Waals surface area contributed by atoms with Crippen molar-refractivity contribution >= 4 is 18.1 Å². The summed E-state index contributed by atoms with van der Waals surface area (Å²) in [6, 6.07) is 7.27. The van der Waals surface area contributed by atoms with Crippen LogP contribution < -0.4 is 10.1 Å². The van der Waals surface area contributed by atoms with Gasteiger partial charge in [-0.2, -0.15) is 13.2 Å². The molecule has 0 aliphatic rings. The molecule has 1 atom stereocenters. The van der Waals surface area contributed by atoms with E-state index in [9.17, 15) is 23.1 Å². The molecule has 134 valence electrons. The van der Waals surface area contributed by atoms with Crippen molar-refractivity contribution in [2.24, 2.45) is 0 Å². The van der Waals surface area contributed by atoms with Gasteiger partial charge in [0.1, 0.15) is 23.1 Å². The van der Waals surface area contributed by atoms with Gasteiger partial charge in [-0.05, 0) is 36.4 Å². The van der Waals surface area contributed by atoms with E-state index < -0.39 is 23.8 Å². The number of benzene rings is 1. The van der Waals surface area contributed by atoms with E-state index in [1.807, 2.05) is 0 Å². The molecule has 0 spiro atoms. The summed E-state index contributed by atoms with van der Waals surface area (Å²) >= 11 is 4.98. The number of aromatic nitrogens is 1. The largest absolute Gasteiger partial charge is 0.491 e. The third-order valence-electron chi connectivity index (χ3n) is 3.19. The number of hydrogen-bond acceptors (Lipinski definition) is 4. The number of aromatic amines is 1. The van der Waals surface area contributed by atoms with E-state index in [1.165, 1.54) is 0 Å². The van der Waals surface area contributed by atoms with E-state index in [4.69, 9.17) is 17.0 Å². The van der Waals surface area contributed by atoms with Crippen molar-refractivity contribution in [2.45, 2.75) is 12.3 Å². The Morgan fingerprint density at radius 3 is 2.56 bits per heavy atom. The average Bonchev–Trinajstić information content (AvgIpc) is 2.58. The molecule has 1 amide bonds. The molecule has 0 aliphatic heterocycles. The van der Waals surface area contributed by atoms with Gasteiger partial charge in [-0.25, -0.2) is 0 Å². The maximum absolute atomic E-state index is 12.4. The van der Waals surface area contributed by atoms with Crippen molar-refractivity contribution in [3.05, 3.63) is 58.4 Å². The Morgan fingerprint density at radius 1 is 1.28 bits per heavy atom. The fourth-order valence-corrected chi connectivity index (χ4v) is 2.13. The summed E-state index contributed by atoms with van der Waals surface area (Å²) in [5.74, 6) is -0.265. The Kier molecular flexibility index (Phi) is 6.16. The molecule has 1 unspecified atom stereocenters. The van der Waals surface area contributed by atoms with E-state index in [2.05, 4.69) is 10.3 Å². The second-order valence-electron chi connectivity index (χ2n) is 5.11. The molecule has 2 aromatic rings. The number of carbonyl (C=O) groups excluding carboxylic acids is 1. The summed E-state index contributed by atoms with van der Waals surface area (Å²) in [7, 11) is 0. The molecular weight excluding hydrogens is 357 g/mol. The number of rotatable bonds is 6. The van der Waals surface area contributed by atoms with Crippen LogP contribution in [-0.4, -0.2) is 35.3 Å². The number of pyridine rings is 1. The minimum absolute atomic E-state index is 0.0941. The predicted molar refractivity (Wildman–Crippen MR) is 86.9 cm³/mol. The minimum atomic E-state index is -4.42. The molecule has 1 aromatic heterocycles. The molecule has 0 fully saturated rings. The van der Waals surface area contributed by atoms with Crippen LogP contribution in [-0.2, 0) is 6.18 Å². The first-order valence-corrected chi connectivity index (χ1v) is 7.62. The zero-order valence-electron chi connectivity index (χ0n) is 12.8. The van der Waals surface area contributed by atoms with Crippen LogP contribution in [0, 0.1) is 4.64 Å². The van der Waals surface area contributed by atoms with Crippen LogP contribution in [0.25, 0.3) is 0 Å². The Labute approximate surface area is 146 Å². The number of nitrogens with one attached hydrogen (secondary N) is 2. The molecule has 3 N–H and O–H groups in total. The van der Waals surface area contributed by atoms with Gasteiger partial charge >= 0.3 is 6.18 Å². The molecule has 1 aromatic carbocycles. The zero-order chi connectivity index (χ0) is 18.4. The van der Waals surface area contributed by atoms with Crippen LogP contribution in [0.5, 0.6) is 5.75 Å². The molecule has 0 saturated carbocycles. The van der Waals surface area contributed by atoms with Gasteiger partial charge in [0.25, 0.3) is 5.91 Å². The van der Waals surface area contributed by atoms with E-state index >= 15 is 0 Å². The summed E-state index contributed by atoms with van der Waals surface area (Å²) < 4.78 is 42.8. The maximum atomic E-state index is 12.4. The number of hydrogen-bond donors (Lipinski definition) is 3. The Balaban J connectivity index is 1.81. The quantitative estimate of drug-likeness (QED) is 0.682. The highest BCUT2D eigenvalue weighted by Crippen LogP contribution is 2.30. The van der Waals surface area contributed by atoms with Crippen LogP contribution in [0.4, 0.5) is 13.2 Å². The van der Waals surface area contributed by atoms with Crippen molar-refractivity contribution in [3.8, 4) is 5.75 Å². The summed E-state index contributed by atoms with van der Waals surface area (Å²) in [4.78, 5) is 14.6. The van der Waals surface area contributed by atoms with E-state index in [-0.39, 0.29) is 29.1 Å². The summed E-state index contributed by atoms with van der Waals surface area (Å²) in [6.45, 7) is -0.281.